The third-order valence-electron chi connectivity index (χ3n) is 4.86. The number of nitrogens with zero attached hydrogens (tertiary/aromatic N) is 5. The molecule has 0 fully saturated rings. The topological polar surface area (TPSA) is 87.0 Å². The van der Waals surface area contributed by atoms with Crippen molar-refractivity contribution in [3.63, 3.8) is 0 Å². The minimum absolute atomic E-state index is 0.495. The molecule has 3 aromatic heterocycles. The molecular weight excluding hydrogens is 392 g/mol. The Kier molecular flexibility index (Phi) is 6.26. The van der Waals surface area contributed by atoms with Crippen LogP contribution >= 0.6 is 0 Å². The minimum Gasteiger partial charge on any atom is -0.493 e. The van der Waals surface area contributed by atoms with E-state index in [2.05, 4.69) is 25.4 Å². The molecular formula is C23H26N6O2. The first-order valence-corrected chi connectivity index (χ1v) is 10.4. The maximum absolute atomic E-state index is 6.14. The zero-order valence-corrected chi connectivity index (χ0v) is 18.0. The lowest BCUT2D eigenvalue weighted by Gasteiger charge is -2.16. The molecule has 0 saturated carbocycles. The first-order chi connectivity index (χ1) is 15.2. The third-order valence-corrected chi connectivity index (χ3v) is 4.86. The Hall–Kier alpha value is -3.68. The average molecular weight is 419 g/mol. The van der Waals surface area contributed by atoms with Crippen LogP contribution in [0.5, 0.6) is 11.6 Å². The second-order valence-corrected chi connectivity index (χ2v) is 6.93. The van der Waals surface area contributed by atoms with E-state index in [9.17, 15) is 0 Å². The van der Waals surface area contributed by atoms with Crippen LogP contribution in [0, 0.1) is 0 Å². The van der Waals surface area contributed by atoms with Gasteiger partial charge in [-0.25, -0.2) is 19.6 Å². The Morgan fingerprint density at radius 2 is 2.03 bits per heavy atom. The summed E-state index contributed by atoms with van der Waals surface area (Å²) in [5.74, 6) is 3.25. The van der Waals surface area contributed by atoms with Gasteiger partial charge in [0.15, 0.2) is 5.82 Å². The summed E-state index contributed by atoms with van der Waals surface area (Å²) < 4.78 is 14.0. The fourth-order valence-corrected chi connectivity index (χ4v) is 3.37. The summed E-state index contributed by atoms with van der Waals surface area (Å²) >= 11 is 0. The van der Waals surface area contributed by atoms with Crippen molar-refractivity contribution < 1.29 is 9.47 Å². The molecule has 0 aromatic carbocycles. The molecule has 0 spiro atoms. The van der Waals surface area contributed by atoms with Crippen molar-refractivity contribution in [1.29, 1.82) is 0 Å². The van der Waals surface area contributed by atoms with Gasteiger partial charge in [0.05, 0.1) is 19.4 Å². The molecule has 8 heteroatoms. The smallest absolute Gasteiger partial charge is 0.223 e. The van der Waals surface area contributed by atoms with Gasteiger partial charge in [-0.2, -0.15) is 5.10 Å². The van der Waals surface area contributed by atoms with Crippen LogP contribution in [0.3, 0.4) is 0 Å². The third kappa shape index (κ3) is 4.42. The van der Waals surface area contributed by atoms with Crippen molar-refractivity contribution in [1.82, 2.24) is 24.7 Å². The van der Waals surface area contributed by atoms with E-state index in [-0.39, 0.29) is 0 Å². The van der Waals surface area contributed by atoms with Gasteiger partial charge in [-0.05, 0) is 32.4 Å². The number of hydrogen-bond acceptors (Lipinski definition) is 7. The van der Waals surface area contributed by atoms with E-state index in [0.717, 1.165) is 22.4 Å². The molecule has 31 heavy (non-hydrogen) atoms. The van der Waals surface area contributed by atoms with Gasteiger partial charge in [0.25, 0.3) is 0 Å². The number of rotatable bonds is 3. The molecule has 8 nitrogen and oxygen atoms in total. The maximum Gasteiger partial charge on any atom is 0.223 e. The summed E-state index contributed by atoms with van der Waals surface area (Å²) in [6.07, 6.45) is 12.1. The van der Waals surface area contributed by atoms with Gasteiger partial charge in [0, 0.05) is 37.0 Å². The van der Waals surface area contributed by atoms with Gasteiger partial charge in [0.1, 0.15) is 22.9 Å². The molecule has 4 heterocycles. The number of ether oxygens (including phenoxy) is 2. The van der Waals surface area contributed by atoms with Crippen molar-refractivity contribution in [3.8, 4) is 23.0 Å². The molecule has 0 saturated heterocycles. The molecule has 0 radical (unpaired) electrons. The number of aryl methyl sites for hydroxylation is 1. The van der Waals surface area contributed by atoms with Gasteiger partial charge in [-0.1, -0.05) is 18.2 Å². The molecule has 0 aliphatic carbocycles. The van der Waals surface area contributed by atoms with Crippen molar-refractivity contribution in [2.75, 3.05) is 18.5 Å². The molecule has 160 valence electrons. The summed E-state index contributed by atoms with van der Waals surface area (Å²) in [5, 5.41) is 7.67. The van der Waals surface area contributed by atoms with Gasteiger partial charge in [-0.15, -0.1) is 0 Å². The van der Waals surface area contributed by atoms with Gasteiger partial charge in [-0.3, -0.25) is 0 Å². The zero-order valence-electron chi connectivity index (χ0n) is 18.0. The van der Waals surface area contributed by atoms with E-state index in [1.54, 1.807) is 18.5 Å². The predicted molar refractivity (Wildman–Crippen MR) is 121 cm³/mol. The van der Waals surface area contributed by atoms with Crippen LogP contribution in [-0.4, -0.2) is 37.9 Å². The van der Waals surface area contributed by atoms with Crippen molar-refractivity contribution in [2.45, 2.75) is 33.7 Å². The van der Waals surface area contributed by atoms with Crippen LogP contribution in [0.25, 0.3) is 17.0 Å². The minimum atomic E-state index is 0.495. The molecule has 4 rings (SSSR count). The van der Waals surface area contributed by atoms with E-state index >= 15 is 0 Å². The molecule has 0 atom stereocenters. The fraction of sp³-hybridized carbons (Fsp3) is 0.304. The Bertz CT molecular complexity index is 1120. The van der Waals surface area contributed by atoms with E-state index < -0.39 is 0 Å². The predicted octanol–water partition coefficient (Wildman–Crippen LogP) is 4.64. The highest BCUT2D eigenvalue weighted by Crippen LogP contribution is 2.32. The first kappa shape index (κ1) is 20.6. The lowest BCUT2D eigenvalue weighted by Crippen LogP contribution is -2.10. The number of fused-ring (bicyclic) bond motifs is 6. The quantitative estimate of drug-likeness (QED) is 0.620. The van der Waals surface area contributed by atoms with Gasteiger partial charge >= 0.3 is 0 Å². The highest BCUT2D eigenvalue weighted by molar-refractivity contribution is 5.78. The maximum atomic E-state index is 6.14. The Morgan fingerprint density at radius 1 is 1.16 bits per heavy atom. The van der Waals surface area contributed by atoms with Crippen LogP contribution in [0.2, 0.25) is 0 Å². The lowest BCUT2D eigenvalue weighted by molar-refractivity contribution is 0.234. The summed E-state index contributed by atoms with van der Waals surface area (Å²) in [4.78, 5) is 13.6. The standard InChI is InChI=1S/C23H26N6O2/c1-4-8-16(5-2)17-14-25-21-13-19(17)30-11-7-12-31-23-18(15-26-29(23)6-3)22-24-10-9-20(27-21)28-22/h4-5,8-10,13-15H,6-7,11-12H2,1-3H3,(H,24,25,27,28)/b8-4?,16-5+. The highest BCUT2D eigenvalue weighted by atomic mass is 16.5. The Balaban J connectivity index is 1.75. The van der Waals surface area contributed by atoms with Crippen LogP contribution < -0.4 is 14.8 Å². The van der Waals surface area contributed by atoms with Crippen LogP contribution in [0.15, 0.2) is 49.0 Å². The number of hydrogen-bond donors (Lipinski definition) is 1. The number of anilines is 2. The van der Waals surface area contributed by atoms with Gasteiger partial charge < -0.3 is 14.8 Å². The highest BCUT2D eigenvalue weighted by Gasteiger charge is 2.17. The first-order valence-electron chi connectivity index (χ1n) is 10.4. The SMILES string of the molecule is CC=C/C(=C\C)c1cnc2cc1OCCCOc1c(cnn1CC)-c1nccc(n1)N2. The Morgan fingerprint density at radius 3 is 2.84 bits per heavy atom. The average Bonchev–Trinajstić information content (AvgIpc) is 3.20. The fourth-order valence-electron chi connectivity index (χ4n) is 3.37. The molecule has 0 unspecified atom stereocenters. The van der Waals surface area contributed by atoms with Crippen LogP contribution in [0.1, 0.15) is 32.8 Å². The number of allylic oxidation sites excluding steroid dienone is 4. The van der Waals surface area contributed by atoms with Crippen molar-refractivity contribution in [2.24, 2.45) is 0 Å². The lowest BCUT2D eigenvalue weighted by atomic mass is 10.1. The van der Waals surface area contributed by atoms with E-state index in [1.807, 2.05) is 55.9 Å². The van der Waals surface area contributed by atoms with E-state index in [4.69, 9.17) is 9.47 Å². The molecule has 4 bridgehead atoms. The summed E-state index contributed by atoms with van der Waals surface area (Å²) in [6, 6.07) is 3.70. The normalized spacial score (nSPS) is 14.2. The summed E-state index contributed by atoms with van der Waals surface area (Å²) in [6.45, 7) is 7.72. The molecule has 1 aliphatic rings. The number of aromatic nitrogens is 5. The van der Waals surface area contributed by atoms with Crippen LogP contribution in [0.4, 0.5) is 11.6 Å². The van der Waals surface area contributed by atoms with E-state index in [0.29, 0.717) is 49.5 Å². The van der Waals surface area contributed by atoms with Crippen molar-refractivity contribution in [3.05, 3.63) is 54.5 Å². The summed E-state index contributed by atoms with van der Waals surface area (Å²) in [7, 11) is 0. The van der Waals surface area contributed by atoms with Crippen molar-refractivity contribution >= 4 is 17.2 Å². The molecule has 1 aliphatic heterocycles. The molecule has 0 amide bonds. The number of nitrogens with one attached hydrogen (secondary N) is 1. The largest absolute Gasteiger partial charge is 0.493 e. The molecule has 3 aromatic rings. The number of pyridine rings is 1. The van der Waals surface area contributed by atoms with E-state index in [1.165, 1.54) is 0 Å². The second kappa shape index (κ2) is 9.42. The Labute approximate surface area is 181 Å². The molecule has 1 N–H and O–H groups in total. The zero-order chi connectivity index (χ0) is 21.6. The van der Waals surface area contributed by atoms with Gasteiger partial charge in [0.2, 0.25) is 5.88 Å². The monoisotopic (exact) mass is 418 g/mol. The van der Waals surface area contributed by atoms with Crippen LogP contribution in [-0.2, 0) is 6.54 Å². The summed E-state index contributed by atoms with van der Waals surface area (Å²) in [5.41, 5.74) is 2.75. The second-order valence-electron chi connectivity index (χ2n) is 6.93.